The standard InChI is InChI=1S/C13H19N3O2/c1-18-10-3-2-6-16(8-10)13(17)11-5-4-9(14)7-12(11)15/h4-5,7,10H,2-3,6,8,14-15H2,1H3. The van der Waals surface area contributed by atoms with Gasteiger partial charge in [-0.25, -0.2) is 0 Å². The molecule has 5 heteroatoms. The number of amides is 1. The number of piperidine rings is 1. The first-order valence-corrected chi connectivity index (χ1v) is 6.09. The molecule has 0 aliphatic carbocycles. The summed E-state index contributed by atoms with van der Waals surface area (Å²) in [5, 5.41) is 0. The molecule has 1 atom stereocenters. The van der Waals surface area contributed by atoms with Crippen LogP contribution in [0.1, 0.15) is 23.2 Å². The number of anilines is 2. The van der Waals surface area contributed by atoms with Crippen LogP contribution in [0.3, 0.4) is 0 Å². The number of benzene rings is 1. The lowest BCUT2D eigenvalue weighted by molar-refractivity contribution is 0.0269. The summed E-state index contributed by atoms with van der Waals surface area (Å²) in [4.78, 5) is 14.1. The largest absolute Gasteiger partial charge is 0.399 e. The van der Waals surface area contributed by atoms with Crippen LogP contribution in [0.5, 0.6) is 0 Å². The number of carbonyl (C=O) groups is 1. The van der Waals surface area contributed by atoms with Gasteiger partial charge in [0.1, 0.15) is 0 Å². The Labute approximate surface area is 107 Å². The molecule has 4 N–H and O–H groups in total. The van der Waals surface area contributed by atoms with E-state index in [9.17, 15) is 4.79 Å². The Morgan fingerprint density at radius 3 is 2.89 bits per heavy atom. The number of rotatable bonds is 2. The molecule has 1 heterocycles. The van der Waals surface area contributed by atoms with E-state index in [1.165, 1.54) is 0 Å². The summed E-state index contributed by atoms with van der Waals surface area (Å²) in [7, 11) is 1.68. The molecule has 1 saturated heterocycles. The number of nitrogens with zero attached hydrogens (tertiary/aromatic N) is 1. The smallest absolute Gasteiger partial charge is 0.256 e. The van der Waals surface area contributed by atoms with Crippen LogP contribution in [-0.4, -0.2) is 37.1 Å². The average molecular weight is 249 g/mol. The van der Waals surface area contributed by atoms with Crippen LogP contribution in [-0.2, 0) is 4.74 Å². The van der Waals surface area contributed by atoms with E-state index in [1.807, 2.05) is 0 Å². The van der Waals surface area contributed by atoms with Crippen molar-refractivity contribution in [2.45, 2.75) is 18.9 Å². The Morgan fingerprint density at radius 2 is 2.22 bits per heavy atom. The molecule has 1 amide bonds. The predicted molar refractivity (Wildman–Crippen MR) is 71.2 cm³/mol. The number of nitrogen functional groups attached to an aromatic ring is 2. The number of nitrogens with two attached hydrogens (primary N) is 2. The van der Waals surface area contributed by atoms with Gasteiger partial charge < -0.3 is 21.1 Å². The van der Waals surface area contributed by atoms with Crippen LogP contribution in [0.25, 0.3) is 0 Å². The molecule has 98 valence electrons. The van der Waals surface area contributed by atoms with E-state index in [0.717, 1.165) is 19.4 Å². The molecule has 0 aromatic heterocycles. The van der Waals surface area contributed by atoms with Crippen molar-refractivity contribution in [2.24, 2.45) is 0 Å². The molecule has 18 heavy (non-hydrogen) atoms. The van der Waals surface area contributed by atoms with E-state index >= 15 is 0 Å². The molecule has 1 aliphatic rings. The monoisotopic (exact) mass is 249 g/mol. The van der Waals surface area contributed by atoms with Crippen LogP contribution in [0.4, 0.5) is 11.4 Å². The number of hydrogen-bond acceptors (Lipinski definition) is 4. The van der Waals surface area contributed by atoms with Crippen LogP contribution in [0.2, 0.25) is 0 Å². The molecule has 1 aromatic carbocycles. The number of carbonyl (C=O) groups excluding carboxylic acids is 1. The average Bonchev–Trinajstić information content (AvgIpc) is 2.38. The molecule has 1 unspecified atom stereocenters. The second kappa shape index (κ2) is 5.27. The van der Waals surface area contributed by atoms with Crippen LogP contribution < -0.4 is 11.5 Å². The minimum absolute atomic E-state index is 0.0470. The van der Waals surface area contributed by atoms with E-state index in [2.05, 4.69) is 0 Å². The zero-order valence-electron chi connectivity index (χ0n) is 10.6. The minimum Gasteiger partial charge on any atom is -0.399 e. The molecule has 1 aliphatic heterocycles. The molecular formula is C13H19N3O2. The Morgan fingerprint density at radius 1 is 1.44 bits per heavy atom. The van der Waals surface area contributed by atoms with Gasteiger partial charge in [0.05, 0.1) is 11.7 Å². The maximum absolute atomic E-state index is 12.3. The SMILES string of the molecule is COC1CCCN(C(=O)c2ccc(N)cc2N)C1. The fourth-order valence-electron chi connectivity index (χ4n) is 2.26. The highest BCUT2D eigenvalue weighted by Crippen LogP contribution is 2.20. The lowest BCUT2D eigenvalue weighted by atomic mass is 10.1. The minimum atomic E-state index is -0.0470. The van der Waals surface area contributed by atoms with Gasteiger partial charge in [0.15, 0.2) is 0 Å². The molecule has 0 bridgehead atoms. The molecule has 0 saturated carbocycles. The van der Waals surface area contributed by atoms with Crippen molar-refractivity contribution in [1.82, 2.24) is 4.90 Å². The molecular weight excluding hydrogens is 230 g/mol. The molecule has 0 radical (unpaired) electrons. The summed E-state index contributed by atoms with van der Waals surface area (Å²) in [6.45, 7) is 1.38. The van der Waals surface area contributed by atoms with E-state index in [0.29, 0.717) is 23.5 Å². The van der Waals surface area contributed by atoms with Gasteiger partial charge in [-0.3, -0.25) is 4.79 Å². The van der Waals surface area contributed by atoms with Gasteiger partial charge in [-0.15, -0.1) is 0 Å². The van der Waals surface area contributed by atoms with E-state index in [-0.39, 0.29) is 12.0 Å². The quantitative estimate of drug-likeness (QED) is 0.769. The van der Waals surface area contributed by atoms with Gasteiger partial charge in [0.25, 0.3) is 5.91 Å². The number of methoxy groups -OCH3 is 1. The second-order valence-electron chi connectivity index (χ2n) is 4.60. The van der Waals surface area contributed by atoms with Gasteiger partial charge in [-0.1, -0.05) is 0 Å². The van der Waals surface area contributed by atoms with Crippen LogP contribution in [0, 0.1) is 0 Å². The van der Waals surface area contributed by atoms with Gasteiger partial charge in [-0.05, 0) is 31.0 Å². The van der Waals surface area contributed by atoms with Crippen molar-refractivity contribution >= 4 is 17.3 Å². The van der Waals surface area contributed by atoms with E-state index < -0.39 is 0 Å². The second-order valence-corrected chi connectivity index (χ2v) is 4.60. The normalized spacial score (nSPS) is 19.8. The van der Waals surface area contributed by atoms with Gasteiger partial charge >= 0.3 is 0 Å². The molecule has 2 rings (SSSR count). The van der Waals surface area contributed by atoms with Gasteiger partial charge in [0.2, 0.25) is 0 Å². The first-order valence-electron chi connectivity index (χ1n) is 6.09. The summed E-state index contributed by atoms with van der Waals surface area (Å²) in [6, 6.07) is 5.00. The summed E-state index contributed by atoms with van der Waals surface area (Å²) < 4.78 is 5.31. The summed E-state index contributed by atoms with van der Waals surface area (Å²) >= 11 is 0. The molecule has 5 nitrogen and oxygen atoms in total. The van der Waals surface area contributed by atoms with Gasteiger partial charge in [-0.2, -0.15) is 0 Å². The van der Waals surface area contributed by atoms with Crippen LogP contribution >= 0.6 is 0 Å². The Kier molecular flexibility index (Phi) is 3.72. The first-order chi connectivity index (χ1) is 8.61. The highest BCUT2D eigenvalue weighted by molar-refractivity contribution is 5.99. The third kappa shape index (κ3) is 2.56. The van der Waals surface area contributed by atoms with E-state index in [4.69, 9.17) is 16.2 Å². The van der Waals surface area contributed by atoms with Crippen molar-refractivity contribution < 1.29 is 9.53 Å². The van der Waals surface area contributed by atoms with E-state index in [1.54, 1.807) is 30.2 Å². The summed E-state index contributed by atoms with van der Waals surface area (Å²) in [5.74, 6) is -0.0470. The summed E-state index contributed by atoms with van der Waals surface area (Å²) in [5.41, 5.74) is 13.0. The van der Waals surface area contributed by atoms with Crippen molar-refractivity contribution in [2.75, 3.05) is 31.7 Å². The van der Waals surface area contributed by atoms with Gasteiger partial charge in [0, 0.05) is 31.6 Å². The number of ether oxygens (including phenoxy) is 1. The first kappa shape index (κ1) is 12.7. The molecule has 1 fully saturated rings. The molecule has 0 spiro atoms. The number of hydrogen-bond donors (Lipinski definition) is 2. The number of likely N-dealkylation sites (tertiary alicyclic amines) is 1. The Balaban J connectivity index is 2.15. The highest BCUT2D eigenvalue weighted by atomic mass is 16.5. The fraction of sp³-hybridized carbons (Fsp3) is 0.462. The zero-order valence-corrected chi connectivity index (χ0v) is 10.6. The third-order valence-electron chi connectivity index (χ3n) is 3.30. The summed E-state index contributed by atoms with van der Waals surface area (Å²) in [6.07, 6.45) is 2.08. The predicted octanol–water partition coefficient (Wildman–Crippen LogP) is 1.10. The van der Waals surface area contributed by atoms with Crippen molar-refractivity contribution in [3.05, 3.63) is 23.8 Å². The van der Waals surface area contributed by atoms with Crippen molar-refractivity contribution in [1.29, 1.82) is 0 Å². The van der Waals surface area contributed by atoms with Crippen molar-refractivity contribution in [3.8, 4) is 0 Å². The van der Waals surface area contributed by atoms with Crippen molar-refractivity contribution in [3.63, 3.8) is 0 Å². The lowest BCUT2D eigenvalue weighted by Crippen LogP contribution is -2.43. The Bertz CT molecular complexity index is 448. The Hall–Kier alpha value is -1.75. The maximum atomic E-state index is 12.3. The zero-order chi connectivity index (χ0) is 13.1. The lowest BCUT2D eigenvalue weighted by Gasteiger charge is -2.32. The molecule has 1 aromatic rings. The fourth-order valence-corrected chi connectivity index (χ4v) is 2.26. The topological polar surface area (TPSA) is 81.6 Å². The highest BCUT2D eigenvalue weighted by Gasteiger charge is 2.25. The van der Waals surface area contributed by atoms with Crippen LogP contribution in [0.15, 0.2) is 18.2 Å². The third-order valence-corrected chi connectivity index (χ3v) is 3.30. The maximum Gasteiger partial charge on any atom is 0.256 e.